The molecule has 1 aliphatic rings. The van der Waals surface area contributed by atoms with Gasteiger partial charge in [-0.05, 0) is 20.3 Å². The third kappa shape index (κ3) is 2.73. The zero-order valence-electron chi connectivity index (χ0n) is 15.0. The summed E-state index contributed by atoms with van der Waals surface area (Å²) >= 11 is 0. The van der Waals surface area contributed by atoms with Gasteiger partial charge in [-0.25, -0.2) is 0 Å². The van der Waals surface area contributed by atoms with Crippen molar-refractivity contribution in [3.8, 4) is 0 Å². The maximum Gasteiger partial charge on any atom is 0.224 e. The van der Waals surface area contributed by atoms with Crippen LogP contribution in [0.3, 0.4) is 0 Å². The molecule has 0 radical (unpaired) electrons. The Kier molecular flexibility index (Phi) is 4.45. The van der Waals surface area contributed by atoms with Gasteiger partial charge in [-0.15, -0.1) is 0 Å². The average Bonchev–Trinajstić information content (AvgIpc) is 3.17. The Morgan fingerprint density at radius 2 is 2.12 bits per heavy atom. The lowest BCUT2D eigenvalue weighted by Crippen LogP contribution is -2.35. The van der Waals surface area contributed by atoms with Crippen molar-refractivity contribution in [3.63, 3.8) is 0 Å². The summed E-state index contributed by atoms with van der Waals surface area (Å²) in [7, 11) is 3.79. The maximum atomic E-state index is 12.3. The number of amides is 1. The molecule has 2 aromatic rings. The molecule has 0 bridgehead atoms. The smallest absolute Gasteiger partial charge is 0.224 e. The molecule has 1 N–H and O–H groups in total. The van der Waals surface area contributed by atoms with Crippen LogP contribution in [0.15, 0.2) is 10.7 Å². The van der Waals surface area contributed by atoms with Gasteiger partial charge >= 0.3 is 0 Å². The van der Waals surface area contributed by atoms with E-state index < -0.39 is 0 Å². The molecule has 3 rings (SSSR count). The lowest BCUT2D eigenvalue weighted by molar-refractivity contribution is -0.127. The fraction of sp³-hybridized carbons (Fsp3) is 0.588. The van der Waals surface area contributed by atoms with Gasteiger partial charge in [0.2, 0.25) is 5.91 Å². The van der Waals surface area contributed by atoms with Gasteiger partial charge in [0, 0.05) is 49.9 Å². The first-order chi connectivity index (χ1) is 11.4. The third-order valence-corrected chi connectivity index (χ3v) is 5.12. The molecule has 0 unspecified atom stereocenters. The van der Waals surface area contributed by atoms with Crippen molar-refractivity contribution in [2.45, 2.75) is 52.2 Å². The van der Waals surface area contributed by atoms with Crippen LogP contribution in [0.2, 0.25) is 0 Å². The van der Waals surface area contributed by atoms with Crippen LogP contribution in [0.4, 0.5) is 0 Å². The Morgan fingerprint density at radius 1 is 1.38 bits per heavy atom. The molecule has 0 spiro atoms. The first kappa shape index (κ1) is 16.7. The fourth-order valence-electron chi connectivity index (χ4n) is 3.46. The number of aromatic nitrogens is 3. The number of nitrogens with one attached hydrogen (secondary N) is 1. The van der Waals surface area contributed by atoms with E-state index in [1.54, 1.807) is 0 Å². The van der Waals surface area contributed by atoms with Crippen LogP contribution in [0, 0.1) is 13.8 Å². The van der Waals surface area contributed by atoms with E-state index in [2.05, 4.69) is 22.5 Å². The topological polar surface area (TPSA) is 76.2 Å². The molecule has 0 aliphatic carbocycles. The second-order valence-corrected chi connectivity index (χ2v) is 6.47. The molecule has 7 heteroatoms. The van der Waals surface area contributed by atoms with Gasteiger partial charge in [-0.1, -0.05) is 12.1 Å². The normalized spacial score (nSPS) is 21.0. The lowest BCUT2D eigenvalue weighted by atomic mass is 10.0. The SMILES string of the molecule is CCc1noc(C)c1CN[C@@H]1CC(=O)N(C)[C@H]1c1cnn(C)c1C. The first-order valence-corrected chi connectivity index (χ1v) is 8.35. The second-order valence-electron chi connectivity index (χ2n) is 6.47. The van der Waals surface area contributed by atoms with Gasteiger partial charge in [-0.2, -0.15) is 5.10 Å². The van der Waals surface area contributed by atoms with E-state index >= 15 is 0 Å². The molecule has 2 aromatic heterocycles. The summed E-state index contributed by atoms with van der Waals surface area (Å²) in [5.41, 5.74) is 4.26. The van der Waals surface area contributed by atoms with E-state index in [1.165, 1.54) is 0 Å². The third-order valence-electron chi connectivity index (χ3n) is 5.12. The van der Waals surface area contributed by atoms with Crippen molar-refractivity contribution in [2.24, 2.45) is 7.05 Å². The van der Waals surface area contributed by atoms with Gasteiger partial charge in [0.25, 0.3) is 0 Å². The molecular weight excluding hydrogens is 306 g/mol. The standard InChI is InChI=1S/C17H25N5O2/c1-6-14-13(11(3)24-20-14)8-18-15-7-16(23)21(4)17(15)12-9-19-22(5)10(12)2/h9,15,17-18H,6-8H2,1-5H3/t15-,17+/m1/s1. The summed E-state index contributed by atoms with van der Waals surface area (Å²) in [5.74, 6) is 0.990. The van der Waals surface area contributed by atoms with Crippen molar-refractivity contribution < 1.29 is 9.32 Å². The minimum atomic E-state index is -0.00329. The van der Waals surface area contributed by atoms with Gasteiger partial charge in [0.1, 0.15) is 5.76 Å². The minimum absolute atomic E-state index is 0.00329. The fourth-order valence-corrected chi connectivity index (χ4v) is 3.46. The summed E-state index contributed by atoms with van der Waals surface area (Å²) in [4.78, 5) is 14.1. The highest BCUT2D eigenvalue weighted by Crippen LogP contribution is 2.33. The van der Waals surface area contributed by atoms with Crippen LogP contribution in [0.25, 0.3) is 0 Å². The van der Waals surface area contributed by atoms with Crippen LogP contribution in [0.5, 0.6) is 0 Å². The number of hydrogen-bond donors (Lipinski definition) is 1. The van der Waals surface area contributed by atoms with Crippen LogP contribution in [-0.2, 0) is 24.8 Å². The molecule has 0 aromatic carbocycles. The molecule has 0 saturated carbocycles. The van der Waals surface area contributed by atoms with Crippen LogP contribution in [-0.4, -0.2) is 38.8 Å². The predicted molar refractivity (Wildman–Crippen MR) is 89.3 cm³/mol. The Hall–Kier alpha value is -2.15. The monoisotopic (exact) mass is 331 g/mol. The summed E-state index contributed by atoms with van der Waals surface area (Å²) in [6.45, 7) is 6.68. The number of nitrogens with zero attached hydrogens (tertiary/aromatic N) is 4. The van der Waals surface area contributed by atoms with Crippen LogP contribution < -0.4 is 5.32 Å². The molecule has 1 saturated heterocycles. The maximum absolute atomic E-state index is 12.3. The quantitative estimate of drug-likeness (QED) is 0.901. The Bertz CT molecular complexity index is 748. The lowest BCUT2D eigenvalue weighted by Gasteiger charge is -2.25. The van der Waals surface area contributed by atoms with Gasteiger partial charge in [-0.3, -0.25) is 9.48 Å². The van der Waals surface area contributed by atoms with Crippen molar-refractivity contribution >= 4 is 5.91 Å². The number of likely N-dealkylation sites (N-methyl/N-ethyl adjacent to an activating group) is 1. The van der Waals surface area contributed by atoms with E-state index in [1.807, 2.05) is 43.7 Å². The molecule has 1 amide bonds. The number of likely N-dealkylation sites (tertiary alicyclic amines) is 1. The largest absolute Gasteiger partial charge is 0.361 e. The molecule has 1 aliphatic heterocycles. The number of carbonyl (C=O) groups is 1. The molecule has 1 fully saturated rings. The molecule has 2 atom stereocenters. The van der Waals surface area contributed by atoms with Crippen molar-refractivity contribution in [3.05, 3.63) is 34.5 Å². The Balaban J connectivity index is 1.82. The van der Waals surface area contributed by atoms with Gasteiger partial charge < -0.3 is 14.7 Å². The van der Waals surface area contributed by atoms with Crippen molar-refractivity contribution in [2.75, 3.05) is 7.05 Å². The summed E-state index contributed by atoms with van der Waals surface area (Å²) in [6.07, 6.45) is 3.19. The minimum Gasteiger partial charge on any atom is -0.361 e. The van der Waals surface area contributed by atoms with E-state index in [-0.39, 0.29) is 18.0 Å². The van der Waals surface area contributed by atoms with Crippen LogP contribution in [0.1, 0.15) is 47.7 Å². The summed E-state index contributed by atoms with van der Waals surface area (Å²) in [5, 5.41) is 12.0. The van der Waals surface area contributed by atoms with Crippen molar-refractivity contribution in [1.29, 1.82) is 0 Å². The zero-order valence-corrected chi connectivity index (χ0v) is 15.0. The van der Waals surface area contributed by atoms with E-state index in [0.29, 0.717) is 13.0 Å². The van der Waals surface area contributed by atoms with E-state index in [4.69, 9.17) is 4.52 Å². The Labute approximate surface area is 142 Å². The molecule has 130 valence electrons. The van der Waals surface area contributed by atoms with Gasteiger partial charge in [0.15, 0.2) is 0 Å². The summed E-state index contributed by atoms with van der Waals surface area (Å²) in [6, 6.07) is 0.0425. The van der Waals surface area contributed by atoms with Crippen molar-refractivity contribution in [1.82, 2.24) is 25.2 Å². The predicted octanol–water partition coefficient (Wildman–Crippen LogP) is 1.65. The number of rotatable bonds is 5. The highest BCUT2D eigenvalue weighted by atomic mass is 16.5. The molecule has 7 nitrogen and oxygen atoms in total. The average molecular weight is 331 g/mol. The van der Waals surface area contributed by atoms with Crippen LogP contribution >= 0.6 is 0 Å². The van der Waals surface area contributed by atoms with E-state index in [0.717, 1.165) is 34.7 Å². The Morgan fingerprint density at radius 3 is 2.75 bits per heavy atom. The van der Waals surface area contributed by atoms with Gasteiger partial charge in [0.05, 0.1) is 17.9 Å². The highest BCUT2D eigenvalue weighted by molar-refractivity contribution is 5.80. The molecular formula is C17H25N5O2. The number of carbonyl (C=O) groups excluding carboxylic acids is 1. The second kappa shape index (κ2) is 6.39. The first-order valence-electron chi connectivity index (χ1n) is 8.35. The van der Waals surface area contributed by atoms with E-state index in [9.17, 15) is 4.79 Å². The summed E-state index contributed by atoms with van der Waals surface area (Å²) < 4.78 is 7.15. The highest BCUT2D eigenvalue weighted by Gasteiger charge is 2.39. The molecule has 3 heterocycles. The molecule has 24 heavy (non-hydrogen) atoms. The number of hydrogen-bond acceptors (Lipinski definition) is 5. The zero-order chi connectivity index (χ0) is 17.4. The number of aryl methyl sites for hydroxylation is 3.